The summed E-state index contributed by atoms with van der Waals surface area (Å²) >= 11 is 12.5. The third-order valence-electron chi connectivity index (χ3n) is 5.81. The molecule has 0 spiro atoms. The molecule has 3 aromatic rings. The number of halogens is 3. The van der Waals surface area contributed by atoms with Gasteiger partial charge in [-0.15, -0.1) is 0 Å². The number of hydrogen-bond donors (Lipinski definition) is 2. The molecule has 1 aromatic heterocycles. The number of piperidine rings is 1. The molecule has 0 aliphatic carbocycles. The Labute approximate surface area is 201 Å². The van der Waals surface area contributed by atoms with Crippen LogP contribution in [0.15, 0.2) is 36.5 Å². The van der Waals surface area contributed by atoms with Gasteiger partial charge in [0.15, 0.2) is 0 Å². The second-order valence-electron chi connectivity index (χ2n) is 8.01. The number of aromatic nitrogens is 1. The van der Waals surface area contributed by atoms with Gasteiger partial charge in [-0.05, 0) is 49.6 Å². The number of rotatable bonds is 5. The number of carbonyl (C=O) groups excluding carboxylic acids is 1. The minimum absolute atomic E-state index is 0.0280. The molecule has 9 heteroatoms. The molecule has 2 heterocycles. The van der Waals surface area contributed by atoms with Gasteiger partial charge in [-0.2, -0.15) is 5.26 Å². The second-order valence-corrected chi connectivity index (χ2v) is 8.82. The molecular weight excluding hydrogens is 464 g/mol. The smallest absolute Gasteiger partial charge is 0.219 e. The van der Waals surface area contributed by atoms with Crippen LogP contribution in [0.4, 0.5) is 21.5 Å². The third kappa shape index (κ3) is 4.97. The van der Waals surface area contributed by atoms with E-state index in [1.54, 1.807) is 13.0 Å². The number of nitriles is 1. The van der Waals surface area contributed by atoms with Crippen LogP contribution in [-0.4, -0.2) is 34.9 Å². The summed E-state index contributed by atoms with van der Waals surface area (Å²) in [6, 6.07) is 10.1. The van der Waals surface area contributed by atoms with Crippen molar-refractivity contribution in [3.63, 3.8) is 0 Å². The lowest BCUT2D eigenvalue weighted by Crippen LogP contribution is -2.46. The highest BCUT2D eigenvalue weighted by atomic mass is 35.5. The lowest BCUT2D eigenvalue weighted by Gasteiger charge is -2.35. The molecule has 4 rings (SSSR count). The molecule has 1 saturated heterocycles. The fourth-order valence-corrected chi connectivity index (χ4v) is 4.61. The number of carbonyl (C=O) groups is 1. The number of nitrogens with one attached hydrogen (secondary N) is 2. The van der Waals surface area contributed by atoms with E-state index < -0.39 is 5.82 Å². The van der Waals surface area contributed by atoms with Gasteiger partial charge in [0, 0.05) is 49.0 Å². The van der Waals surface area contributed by atoms with Crippen LogP contribution in [0.25, 0.3) is 10.9 Å². The molecule has 0 saturated carbocycles. The summed E-state index contributed by atoms with van der Waals surface area (Å²) in [5, 5.41) is 17.2. The number of likely N-dealkylation sites (tertiary alicyclic amines) is 1. The van der Waals surface area contributed by atoms with Gasteiger partial charge in [-0.3, -0.25) is 9.78 Å². The summed E-state index contributed by atoms with van der Waals surface area (Å²) in [6.07, 6.45) is 4.48. The lowest BCUT2D eigenvalue weighted by molar-refractivity contribution is -0.132. The van der Waals surface area contributed by atoms with Crippen LogP contribution >= 0.6 is 23.2 Å². The fourth-order valence-electron chi connectivity index (χ4n) is 4.16. The number of benzene rings is 2. The standard InChI is InChI=1S/C24H22Cl2FN5O/c1-14(33)32-7-3-2-4-18(32)13-29-17-8-19-23(31-16-5-6-22(27)20(25)9-16)15(11-28)12-30-24(19)21(26)10-17/h5-6,8-10,12,18,29H,2-4,7,13H2,1H3,(H,30,31). The number of nitrogens with zero attached hydrogens (tertiary/aromatic N) is 3. The van der Waals surface area contributed by atoms with Gasteiger partial charge in [-0.25, -0.2) is 4.39 Å². The summed E-state index contributed by atoms with van der Waals surface area (Å²) in [5.74, 6) is -0.454. The Morgan fingerprint density at radius 2 is 2.03 bits per heavy atom. The maximum atomic E-state index is 13.6. The molecule has 33 heavy (non-hydrogen) atoms. The molecule has 2 N–H and O–H groups in total. The van der Waals surface area contributed by atoms with Crippen LogP contribution in [0.3, 0.4) is 0 Å². The van der Waals surface area contributed by atoms with Crippen molar-refractivity contribution < 1.29 is 9.18 Å². The van der Waals surface area contributed by atoms with E-state index in [-0.39, 0.29) is 17.0 Å². The number of amides is 1. The molecule has 1 amide bonds. The van der Waals surface area contributed by atoms with Crippen molar-refractivity contribution in [2.45, 2.75) is 32.2 Å². The highest BCUT2D eigenvalue weighted by molar-refractivity contribution is 6.36. The van der Waals surface area contributed by atoms with E-state index in [1.807, 2.05) is 11.0 Å². The number of hydrogen-bond acceptors (Lipinski definition) is 5. The zero-order chi connectivity index (χ0) is 23.5. The predicted octanol–water partition coefficient (Wildman–Crippen LogP) is 6.11. The van der Waals surface area contributed by atoms with E-state index in [1.165, 1.54) is 24.4 Å². The highest BCUT2D eigenvalue weighted by Gasteiger charge is 2.24. The van der Waals surface area contributed by atoms with Gasteiger partial charge in [0.1, 0.15) is 11.9 Å². The molecule has 1 atom stereocenters. The Kier molecular flexibility index (Phi) is 6.87. The van der Waals surface area contributed by atoms with Crippen molar-refractivity contribution in [1.29, 1.82) is 5.26 Å². The summed E-state index contributed by atoms with van der Waals surface area (Å²) < 4.78 is 13.6. The van der Waals surface area contributed by atoms with Crippen LogP contribution in [0.2, 0.25) is 10.0 Å². The zero-order valence-electron chi connectivity index (χ0n) is 18.0. The molecule has 170 valence electrons. The fraction of sp³-hybridized carbons (Fsp3) is 0.292. The maximum Gasteiger partial charge on any atom is 0.219 e. The number of pyridine rings is 1. The minimum atomic E-state index is -0.529. The Morgan fingerprint density at radius 1 is 1.24 bits per heavy atom. The quantitative estimate of drug-likeness (QED) is 0.455. The Bertz CT molecular complexity index is 1260. The molecule has 1 fully saturated rings. The first-order valence-electron chi connectivity index (χ1n) is 10.6. The largest absolute Gasteiger partial charge is 0.383 e. The Hall–Kier alpha value is -3.08. The summed E-state index contributed by atoms with van der Waals surface area (Å²) in [6.45, 7) is 2.95. The van der Waals surface area contributed by atoms with Gasteiger partial charge in [0.25, 0.3) is 0 Å². The van der Waals surface area contributed by atoms with E-state index in [4.69, 9.17) is 23.2 Å². The van der Waals surface area contributed by atoms with E-state index in [0.29, 0.717) is 39.4 Å². The van der Waals surface area contributed by atoms with E-state index in [2.05, 4.69) is 21.7 Å². The molecule has 0 bridgehead atoms. The van der Waals surface area contributed by atoms with Crippen molar-refractivity contribution in [2.24, 2.45) is 0 Å². The minimum Gasteiger partial charge on any atom is -0.383 e. The molecular formula is C24H22Cl2FN5O. The summed E-state index contributed by atoms with van der Waals surface area (Å²) in [4.78, 5) is 18.2. The Balaban J connectivity index is 1.68. The molecule has 1 unspecified atom stereocenters. The van der Waals surface area contributed by atoms with Crippen molar-refractivity contribution in [2.75, 3.05) is 23.7 Å². The molecule has 6 nitrogen and oxygen atoms in total. The first-order valence-corrected chi connectivity index (χ1v) is 11.4. The molecule has 2 aromatic carbocycles. The molecule has 1 aliphatic heterocycles. The van der Waals surface area contributed by atoms with Gasteiger partial charge in [-0.1, -0.05) is 23.2 Å². The van der Waals surface area contributed by atoms with E-state index in [9.17, 15) is 14.4 Å². The van der Waals surface area contributed by atoms with E-state index in [0.717, 1.165) is 31.5 Å². The molecule has 0 radical (unpaired) electrons. The monoisotopic (exact) mass is 485 g/mol. The van der Waals surface area contributed by atoms with Crippen LogP contribution < -0.4 is 10.6 Å². The van der Waals surface area contributed by atoms with Crippen molar-refractivity contribution in [3.8, 4) is 6.07 Å². The zero-order valence-corrected chi connectivity index (χ0v) is 19.5. The predicted molar refractivity (Wildman–Crippen MR) is 130 cm³/mol. The van der Waals surface area contributed by atoms with Gasteiger partial charge in [0.2, 0.25) is 5.91 Å². The van der Waals surface area contributed by atoms with Gasteiger partial charge >= 0.3 is 0 Å². The topological polar surface area (TPSA) is 81.1 Å². The highest BCUT2D eigenvalue weighted by Crippen LogP contribution is 2.35. The average molecular weight is 486 g/mol. The average Bonchev–Trinajstić information content (AvgIpc) is 2.80. The van der Waals surface area contributed by atoms with Crippen LogP contribution in [0.5, 0.6) is 0 Å². The number of fused-ring (bicyclic) bond motifs is 1. The molecule has 1 aliphatic rings. The first kappa shape index (κ1) is 23.1. The van der Waals surface area contributed by atoms with E-state index >= 15 is 0 Å². The van der Waals surface area contributed by atoms with Crippen molar-refractivity contribution in [1.82, 2.24) is 9.88 Å². The van der Waals surface area contributed by atoms with Gasteiger partial charge in [0.05, 0.1) is 26.8 Å². The van der Waals surface area contributed by atoms with Crippen LogP contribution in [0, 0.1) is 17.1 Å². The summed E-state index contributed by atoms with van der Waals surface area (Å²) in [5.41, 5.74) is 2.61. The SMILES string of the molecule is CC(=O)N1CCCCC1CNc1cc(Cl)c2ncc(C#N)c(Nc3ccc(F)c(Cl)c3)c2c1. The lowest BCUT2D eigenvalue weighted by atomic mass is 10.0. The van der Waals surface area contributed by atoms with Crippen LogP contribution in [-0.2, 0) is 4.79 Å². The normalized spacial score (nSPS) is 15.8. The van der Waals surface area contributed by atoms with Crippen molar-refractivity contribution in [3.05, 3.63) is 58.0 Å². The number of anilines is 3. The van der Waals surface area contributed by atoms with Gasteiger partial charge < -0.3 is 15.5 Å². The Morgan fingerprint density at radius 3 is 2.76 bits per heavy atom. The third-order valence-corrected chi connectivity index (χ3v) is 6.39. The van der Waals surface area contributed by atoms with Crippen molar-refractivity contribution >= 4 is 57.1 Å². The second kappa shape index (κ2) is 9.82. The summed E-state index contributed by atoms with van der Waals surface area (Å²) in [7, 11) is 0. The maximum absolute atomic E-state index is 13.6. The van der Waals surface area contributed by atoms with Crippen LogP contribution in [0.1, 0.15) is 31.7 Å². The first-order chi connectivity index (χ1) is 15.9.